The first-order chi connectivity index (χ1) is 8.20. The van der Waals surface area contributed by atoms with E-state index in [0.717, 1.165) is 24.5 Å². The van der Waals surface area contributed by atoms with E-state index < -0.39 is 0 Å². The Morgan fingerprint density at radius 1 is 1.24 bits per heavy atom. The Kier molecular flexibility index (Phi) is 4.09. The Hall–Kier alpha value is -0.980. The predicted molar refractivity (Wildman–Crippen MR) is 72.7 cm³/mol. The van der Waals surface area contributed by atoms with Crippen LogP contribution < -0.4 is 0 Å². The van der Waals surface area contributed by atoms with Crippen LogP contribution >= 0.6 is 0 Å². The Morgan fingerprint density at radius 2 is 2.06 bits per heavy atom. The second-order valence-corrected chi connectivity index (χ2v) is 5.48. The zero-order chi connectivity index (χ0) is 12.3. The van der Waals surface area contributed by atoms with Crippen LogP contribution in [0.15, 0.2) is 35.6 Å². The third-order valence-corrected chi connectivity index (χ3v) is 4.21. The predicted octanol–water partition coefficient (Wildman–Crippen LogP) is 4.62. The van der Waals surface area contributed by atoms with E-state index in [-0.39, 0.29) is 0 Å². The van der Waals surface area contributed by atoms with Crippen molar-refractivity contribution in [3.05, 3.63) is 35.6 Å². The molecule has 94 valence electrons. The molecule has 0 aliphatic heterocycles. The Bertz CT molecular complexity index is 349. The van der Waals surface area contributed by atoms with E-state index in [9.17, 15) is 0 Å². The molecule has 2 aliphatic rings. The minimum atomic E-state index is 0.647. The minimum absolute atomic E-state index is 0.647. The molecule has 0 fully saturated rings. The van der Waals surface area contributed by atoms with Crippen LogP contribution in [0.5, 0.6) is 0 Å². The summed E-state index contributed by atoms with van der Waals surface area (Å²) in [5, 5.41) is 0. The third kappa shape index (κ3) is 3.02. The highest BCUT2D eigenvalue weighted by molar-refractivity contribution is 5.33. The summed E-state index contributed by atoms with van der Waals surface area (Å²) in [4.78, 5) is 0. The quantitative estimate of drug-likeness (QED) is 0.690. The molecule has 0 heterocycles. The SMILES string of the molecule is C=C(C1=CCC(C)CC1)C1CC=C(OC)CC1. The summed E-state index contributed by atoms with van der Waals surface area (Å²) in [6.45, 7) is 6.68. The smallest absolute Gasteiger partial charge is 0.0916 e. The van der Waals surface area contributed by atoms with Gasteiger partial charge in [-0.1, -0.05) is 19.6 Å². The molecule has 0 saturated carbocycles. The number of rotatable bonds is 3. The van der Waals surface area contributed by atoms with E-state index in [2.05, 4.69) is 25.7 Å². The standard InChI is InChI=1S/C16H24O/c1-12-4-6-14(7-5-12)13(2)15-8-10-16(17-3)11-9-15/h6,10,12,15H,2,4-5,7-9,11H2,1,3H3. The van der Waals surface area contributed by atoms with E-state index >= 15 is 0 Å². The molecule has 2 unspecified atom stereocenters. The summed E-state index contributed by atoms with van der Waals surface area (Å²) in [6, 6.07) is 0. The maximum atomic E-state index is 5.30. The fourth-order valence-corrected chi connectivity index (χ4v) is 2.83. The van der Waals surface area contributed by atoms with Gasteiger partial charge in [-0.15, -0.1) is 0 Å². The van der Waals surface area contributed by atoms with Crippen molar-refractivity contribution in [1.29, 1.82) is 0 Å². The van der Waals surface area contributed by atoms with Crippen molar-refractivity contribution in [2.45, 2.75) is 45.4 Å². The molecule has 2 rings (SSSR count). The van der Waals surface area contributed by atoms with Crippen molar-refractivity contribution in [3.63, 3.8) is 0 Å². The lowest BCUT2D eigenvalue weighted by Crippen LogP contribution is -2.12. The van der Waals surface area contributed by atoms with Crippen LogP contribution in [0.25, 0.3) is 0 Å². The Labute approximate surface area is 105 Å². The average molecular weight is 232 g/mol. The lowest BCUT2D eigenvalue weighted by molar-refractivity contribution is 0.258. The van der Waals surface area contributed by atoms with E-state index in [4.69, 9.17) is 4.74 Å². The first-order valence-electron chi connectivity index (χ1n) is 6.82. The molecule has 0 bridgehead atoms. The molecule has 0 radical (unpaired) electrons. The first kappa shape index (κ1) is 12.5. The van der Waals surface area contributed by atoms with Crippen LogP contribution in [0, 0.1) is 11.8 Å². The summed E-state index contributed by atoms with van der Waals surface area (Å²) < 4.78 is 5.30. The largest absolute Gasteiger partial charge is 0.501 e. The summed E-state index contributed by atoms with van der Waals surface area (Å²) in [7, 11) is 1.77. The fraction of sp³-hybridized carbons (Fsp3) is 0.625. The summed E-state index contributed by atoms with van der Waals surface area (Å²) in [6.07, 6.45) is 11.8. The van der Waals surface area contributed by atoms with Gasteiger partial charge in [0, 0.05) is 6.42 Å². The molecule has 0 aromatic rings. The van der Waals surface area contributed by atoms with Gasteiger partial charge in [0.2, 0.25) is 0 Å². The lowest BCUT2D eigenvalue weighted by atomic mass is 9.79. The summed E-state index contributed by atoms with van der Waals surface area (Å²) in [5.41, 5.74) is 2.92. The highest BCUT2D eigenvalue weighted by Crippen LogP contribution is 2.36. The minimum Gasteiger partial charge on any atom is -0.501 e. The molecule has 0 aromatic heterocycles. The van der Waals surface area contributed by atoms with E-state index in [1.807, 2.05) is 0 Å². The molecule has 0 spiro atoms. The van der Waals surface area contributed by atoms with Crippen LogP contribution in [0.2, 0.25) is 0 Å². The second kappa shape index (κ2) is 5.57. The number of hydrogen-bond acceptors (Lipinski definition) is 1. The van der Waals surface area contributed by atoms with E-state index in [1.165, 1.54) is 36.8 Å². The van der Waals surface area contributed by atoms with Crippen molar-refractivity contribution in [3.8, 4) is 0 Å². The fourth-order valence-electron chi connectivity index (χ4n) is 2.83. The van der Waals surface area contributed by atoms with Gasteiger partial charge in [-0.2, -0.15) is 0 Å². The molecule has 1 heteroatoms. The Morgan fingerprint density at radius 3 is 2.59 bits per heavy atom. The number of ether oxygens (including phenoxy) is 1. The number of hydrogen-bond donors (Lipinski definition) is 0. The van der Waals surface area contributed by atoms with Gasteiger partial charge in [-0.3, -0.25) is 0 Å². The van der Waals surface area contributed by atoms with Crippen LogP contribution in [0.3, 0.4) is 0 Å². The van der Waals surface area contributed by atoms with Gasteiger partial charge in [-0.25, -0.2) is 0 Å². The van der Waals surface area contributed by atoms with Crippen molar-refractivity contribution < 1.29 is 4.74 Å². The number of methoxy groups -OCH3 is 1. The molecule has 17 heavy (non-hydrogen) atoms. The van der Waals surface area contributed by atoms with Crippen molar-refractivity contribution in [2.24, 2.45) is 11.8 Å². The monoisotopic (exact) mass is 232 g/mol. The van der Waals surface area contributed by atoms with Gasteiger partial charge in [0.25, 0.3) is 0 Å². The lowest BCUT2D eigenvalue weighted by Gasteiger charge is -2.27. The molecular formula is C16H24O. The topological polar surface area (TPSA) is 9.23 Å². The Balaban J connectivity index is 1.95. The maximum Gasteiger partial charge on any atom is 0.0916 e. The molecule has 0 amide bonds. The van der Waals surface area contributed by atoms with Crippen LogP contribution in [-0.4, -0.2) is 7.11 Å². The number of allylic oxidation sites excluding steroid dienone is 5. The van der Waals surface area contributed by atoms with Crippen molar-refractivity contribution >= 4 is 0 Å². The second-order valence-electron chi connectivity index (χ2n) is 5.48. The first-order valence-corrected chi connectivity index (χ1v) is 6.82. The van der Waals surface area contributed by atoms with E-state index in [0.29, 0.717) is 5.92 Å². The van der Waals surface area contributed by atoms with Gasteiger partial charge in [-0.05, 0) is 61.2 Å². The highest BCUT2D eigenvalue weighted by Gasteiger charge is 2.21. The molecule has 1 nitrogen and oxygen atoms in total. The summed E-state index contributed by atoms with van der Waals surface area (Å²) >= 11 is 0. The van der Waals surface area contributed by atoms with Crippen LogP contribution in [0.4, 0.5) is 0 Å². The van der Waals surface area contributed by atoms with Crippen molar-refractivity contribution in [2.75, 3.05) is 7.11 Å². The molecule has 2 atom stereocenters. The summed E-state index contributed by atoms with van der Waals surface area (Å²) in [5.74, 6) is 2.66. The van der Waals surface area contributed by atoms with Gasteiger partial charge >= 0.3 is 0 Å². The molecule has 2 aliphatic carbocycles. The zero-order valence-electron chi connectivity index (χ0n) is 11.2. The van der Waals surface area contributed by atoms with Crippen LogP contribution in [0.1, 0.15) is 45.4 Å². The third-order valence-electron chi connectivity index (χ3n) is 4.21. The van der Waals surface area contributed by atoms with Crippen molar-refractivity contribution in [1.82, 2.24) is 0 Å². The van der Waals surface area contributed by atoms with Gasteiger partial charge in [0.05, 0.1) is 12.9 Å². The molecule has 0 saturated heterocycles. The van der Waals surface area contributed by atoms with Crippen LogP contribution in [-0.2, 0) is 4.74 Å². The highest BCUT2D eigenvalue weighted by atomic mass is 16.5. The van der Waals surface area contributed by atoms with Gasteiger partial charge in [0.1, 0.15) is 0 Å². The average Bonchev–Trinajstić information content (AvgIpc) is 2.39. The molecule has 0 aromatic carbocycles. The molecule has 0 N–H and O–H groups in total. The van der Waals surface area contributed by atoms with Gasteiger partial charge in [0.15, 0.2) is 0 Å². The molecular weight excluding hydrogens is 208 g/mol. The van der Waals surface area contributed by atoms with Gasteiger partial charge < -0.3 is 4.74 Å². The normalized spacial score (nSPS) is 29.3. The maximum absolute atomic E-state index is 5.30. The van der Waals surface area contributed by atoms with E-state index in [1.54, 1.807) is 7.11 Å². The zero-order valence-corrected chi connectivity index (χ0v) is 11.2.